The summed E-state index contributed by atoms with van der Waals surface area (Å²) in [7, 11) is 0. The third kappa shape index (κ3) is 4.56. The number of fused-ring (bicyclic) bond motifs is 2. The van der Waals surface area contributed by atoms with Gasteiger partial charge in [-0.15, -0.1) is 0 Å². The number of hydrogen-bond donors (Lipinski definition) is 0. The monoisotopic (exact) mass is 572 g/mol. The first-order valence-corrected chi connectivity index (χ1v) is 14.8. The summed E-state index contributed by atoms with van der Waals surface area (Å²) in [5.74, 6) is -1.08. The molecule has 3 aromatic carbocycles. The van der Waals surface area contributed by atoms with Crippen molar-refractivity contribution in [2.24, 2.45) is 21.4 Å². The Morgan fingerprint density at radius 2 is 1.58 bits per heavy atom. The minimum Gasteiger partial charge on any atom is -0.271 e. The molecular weight excluding hydrogens is 540 g/mol. The highest BCUT2D eigenvalue weighted by Crippen LogP contribution is 2.45. The molecule has 7 rings (SSSR count). The van der Waals surface area contributed by atoms with Gasteiger partial charge in [0.1, 0.15) is 6.54 Å². The molecule has 3 aliphatic heterocycles. The Bertz CT molecular complexity index is 1680. The summed E-state index contributed by atoms with van der Waals surface area (Å²) in [6.45, 7) is 3.53. The quantitative estimate of drug-likeness (QED) is 0.381. The molecule has 2 fully saturated rings. The predicted molar refractivity (Wildman–Crippen MR) is 163 cm³/mol. The number of anilines is 1. The lowest BCUT2D eigenvalue weighted by molar-refractivity contribution is -0.136. The summed E-state index contributed by atoms with van der Waals surface area (Å²) in [6.07, 6.45) is 4.98. The topological polar surface area (TPSA) is 98.0 Å². The van der Waals surface area contributed by atoms with Crippen LogP contribution < -0.4 is 4.90 Å². The van der Waals surface area contributed by atoms with Gasteiger partial charge in [-0.05, 0) is 67.0 Å². The summed E-state index contributed by atoms with van der Waals surface area (Å²) in [6, 6.07) is 23.6. The van der Waals surface area contributed by atoms with Crippen molar-refractivity contribution in [2.75, 3.05) is 11.4 Å². The fourth-order valence-electron chi connectivity index (χ4n) is 6.88. The Balaban J connectivity index is 1.19. The number of nitrogens with zero attached hydrogens (tertiary/aromatic N) is 6. The highest BCUT2D eigenvalue weighted by molar-refractivity contribution is 6.26. The van der Waals surface area contributed by atoms with Crippen molar-refractivity contribution in [3.8, 4) is 0 Å². The molecular formula is C34H32N6O3. The highest BCUT2D eigenvalue weighted by atomic mass is 16.2. The molecule has 3 amide bonds. The molecule has 0 unspecified atom stereocenters. The fraction of sp³-hybridized carbons (Fsp3) is 0.294. The van der Waals surface area contributed by atoms with E-state index in [9.17, 15) is 14.4 Å². The van der Waals surface area contributed by atoms with Crippen LogP contribution in [0.25, 0.3) is 6.08 Å². The molecule has 9 nitrogen and oxygen atoms in total. The Morgan fingerprint density at radius 1 is 0.884 bits per heavy atom. The summed E-state index contributed by atoms with van der Waals surface area (Å²) < 4.78 is 0. The smallest absolute Gasteiger partial charge is 0.264 e. The lowest BCUT2D eigenvalue weighted by Gasteiger charge is -2.30. The number of allylic oxidation sites excluding steroid dienone is 1. The van der Waals surface area contributed by atoms with E-state index in [0.717, 1.165) is 52.8 Å². The number of aryl methyl sites for hydroxylation is 2. The first-order chi connectivity index (χ1) is 20.9. The van der Waals surface area contributed by atoms with Crippen molar-refractivity contribution in [1.29, 1.82) is 0 Å². The van der Waals surface area contributed by atoms with E-state index in [-0.39, 0.29) is 24.4 Å². The zero-order valence-corrected chi connectivity index (χ0v) is 24.1. The summed E-state index contributed by atoms with van der Waals surface area (Å²) in [5, 5.41) is 16.2. The van der Waals surface area contributed by atoms with Crippen molar-refractivity contribution in [3.63, 3.8) is 0 Å². The third-order valence-electron chi connectivity index (χ3n) is 8.86. The van der Waals surface area contributed by atoms with Gasteiger partial charge in [0.05, 0.1) is 17.4 Å². The molecule has 3 heterocycles. The van der Waals surface area contributed by atoms with Crippen LogP contribution in [0, 0.1) is 19.8 Å². The molecule has 43 heavy (non-hydrogen) atoms. The molecule has 0 bridgehead atoms. The van der Waals surface area contributed by atoms with Crippen LogP contribution >= 0.6 is 0 Å². The molecule has 0 spiro atoms. The van der Waals surface area contributed by atoms with Crippen molar-refractivity contribution in [1.82, 2.24) is 10.0 Å². The molecule has 1 aliphatic carbocycles. The lowest BCUT2D eigenvalue weighted by Crippen LogP contribution is -2.45. The molecule has 3 aromatic rings. The Morgan fingerprint density at radius 3 is 2.30 bits per heavy atom. The van der Waals surface area contributed by atoms with E-state index in [2.05, 4.69) is 28.5 Å². The number of hydrogen-bond acceptors (Lipinski definition) is 7. The van der Waals surface area contributed by atoms with Crippen LogP contribution in [-0.4, -0.2) is 52.1 Å². The number of para-hydroxylation sites is 1. The molecule has 4 atom stereocenters. The Kier molecular flexibility index (Phi) is 6.72. The van der Waals surface area contributed by atoms with Crippen molar-refractivity contribution < 1.29 is 14.4 Å². The number of imide groups is 1. The molecule has 9 heteroatoms. The number of hydrazone groups is 1. The van der Waals surface area contributed by atoms with Gasteiger partial charge in [0.15, 0.2) is 12.1 Å². The van der Waals surface area contributed by atoms with Crippen molar-refractivity contribution in [3.05, 3.63) is 107 Å². The highest BCUT2D eigenvalue weighted by Gasteiger charge is 2.56. The first-order valence-electron chi connectivity index (χ1n) is 14.8. The SMILES string of the molecule is Cc1cccc(C)c1N1C(=O)[C@H]2N=NN(CC(=O)N3N=C4/C(=C/c5ccccc5)CCC[C@H]4[C@H]3c3ccccc3)[C@@H]2C1=O. The van der Waals surface area contributed by atoms with E-state index in [1.807, 2.05) is 80.6 Å². The largest absolute Gasteiger partial charge is 0.271 e. The zero-order chi connectivity index (χ0) is 29.7. The molecule has 0 N–H and O–H groups in total. The van der Waals surface area contributed by atoms with Crippen molar-refractivity contribution >= 4 is 35.2 Å². The second-order valence-corrected chi connectivity index (χ2v) is 11.6. The fourth-order valence-corrected chi connectivity index (χ4v) is 6.88. The molecule has 1 saturated carbocycles. The summed E-state index contributed by atoms with van der Waals surface area (Å²) in [5.41, 5.74) is 6.40. The van der Waals surface area contributed by atoms with Gasteiger partial charge in [-0.3, -0.25) is 19.4 Å². The second kappa shape index (κ2) is 10.7. The van der Waals surface area contributed by atoms with E-state index in [1.165, 1.54) is 9.91 Å². The predicted octanol–water partition coefficient (Wildman–Crippen LogP) is 5.42. The molecule has 0 aromatic heterocycles. The second-order valence-electron chi connectivity index (χ2n) is 11.6. The van der Waals surface area contributed by atoms with Crippen LogP contribution in [0.3, 0.4) is 0 Å². The number of carbonyl (C=O) groups excluding carboxylic acids is 3. The number of rotatable bonds is 5. The van der Waals surface area contributed by atoms with Gasteiger partial charge in [-0.1, -0.05) is 84.1 Å². The summed E-state index contributed by atoms with van der Waals surface area (Å²) in [4.78, 5) is 42.4. The minimum atomic E-state index is -0.975. The van der Waals surface area contributed by atoms with E-state index in [4.69, 9.17) is 5.10 Å². The molecule has 216 valence electrons. The van der Waals surface area contributed by atoms with Crippen LogP contribution in [-0.2, 0) is 14.4 Å². The van der Waals surface area contributed by atoms with Crippen molar-refractivity contribution in [2.45, 2.75) is 51.2 Å². The molecule has 1 saturated heterocycles. The van der Waals surface area contributed by atoms with Gasteiger partial charge < -0.3 is 0 Å². The van der Waals surface area contributed by atoms with Crippen LogP contribution in [0.4, 0.5) is 5.69 Å². The van der Waals surface area contributed by atoms with Gasteiger partial charge in [-0.25, -0.2) is 9.91 Å². The maximum Gasteiger partial charge on any atom is 0.264 e. The molecule has 0 radical (unpaired) electrons. The summed E-state index contributed by atoms with van der Waals surface area (Å²) >= 11 is 0. The van der Waals surface area contributed by atoms with Gasteiger partial charge >= 0.3 is 0 Å². The van der Waals surface area contributed by atoms with Gasteiger partial charge in [0.25, 0.3) is 17.7 Å². The zero-order valence-electron chi connectivity index (χ0n) is 24.1. The van der Waals surface area contributed by atoms with E-state index in [0.29, 0.717) is 5.69 Å². The minimum absolute atomic E-state index is 0.0530. The number of benzene rings is 3. The van der Waals surface area contributed by atoms with Crippen LogP contribution in [0.2, 0.25) is 0 Å². The molecule has 4 aliphatic rings. The maximum atomic E-state index is 14.1. The van der Waals surface area contributed by atoms with E-state index >= 15 is 0 Å². The Labute approximate surface area is 250 Å². The van der Waals surface area contributed by atoms with Gasteiger partial charge in [-0.2, -0.15) is 10.2 Å². The standard InChI is InChI=1S/C34H32N6O3/c1-21-11-9-12-22(2)30(21)39-33(42)29-32(34(39)43)38(37-35-29)20-27(41)40-31(24-15-7-4-8-16-24)26-18-10-17-25(28(26)36-40)19-23-13-5-3-6-14-23/h3-9,11-16,19,26,29,31-32H,10,17-18,20H2,1-2H3/b25-19+/t26-,29+,31-,32+/m1/s1. The van der Waals surface area contributed by atoms with Gasteiger partial charge in [0.2, 0.25) is 0 Å². The van der Waals surface area contributed by atoms with E-state index < -0.39 is 23.9 Å². The first kappa shape index (κ1) is 26.9. The number of carbonyl (C=O) groups is 3. The normalized spacial score (nSPS) is 25.4. The maximum absolute atomic E-state index is 14.1. The Hall–Kier alpha value is -4.92. The average molecular weight is 573 g/mol. The van der Waals surface area contributed by atoms with Crippen LogP contribution in [0.1, 0.15) is 47.6 Å². The number of amides is 3. The lowest BCUT2D eigenvalue weighted by atomic mass is 9.77. The van der Waals surface area contributed by atoms with E-state index in [1.54, 1.807) is 5.01 Å². The van der Waals surface area contributed by atoms with Crippen LogP contribution in [0.5, 0.6) is 0 Å². The average Bonchev–Trinajstić information content (AvgIpc) is 3.68. The van der Waals surface area contributed by atoms with Crippen LogP contribution in [0.15, 0.2) is 99.9 Å². The van der Waals surface area contributed by atoms with Gasteiger partial charge in [0, 0.05) is 5.92 Å². The third-order valence-corrected chi connectivity index (χ3v) is 8.86.